The fourth-order valence-corrected chi connectivity index (χ4v) is 10.1. The molecule has 0 unspecified atom stereocenters. The Morgan fingerprint density at radius 2 is 0.883 bits per heavy atom. The van der Waals surface area contributed by atoms with Crippen LogP contribution in [0.4, 0.5) is 0 Å². The average Bonchev–Trinajstić information content (AvgIpc) is 3.85. The Bertz CT molecular complexity index is 3620. The van der Waals surface area contributed by atoms with Gasteiger partial charge in [0.1, 0.15) is 0 Å². The number of pyridine rings is 2. The lowest BCUT2D eigenvalue weighted by Gasteiger charge is -2.20. The minimum Gasteiger partial charge on any atom is -0.309 e. The van der Waals surface area contributed by atoms with Gasteiger partial charge < -0.3 is 9.13 Å². The molecule has 0 saturated heterocycles. The van der Waals surface area contributed by atoms with E-state index in [0.29, 0.717) is 0 Å². The largest absolute Gasteiger partial charge is 0.309 e. The molecule has 0 aliphatic heterocycles. The van der Waals surface area contributed by atoms with Gasteiger partial charge in [-0.25, -0.2) is 0 Å². The van der Waals surface area contributed by atoms with Crippen LogP contribution in [-0.2, 0) is 0 Å². The van der Waals surface area contributed by atoms with E-state index in [-0.39, 0.29) is 0 Å². The van der Waals surface area contributed by atoms with Crippen molar-refractivity contribution in [1.29, 1.82) is 0 Å². The summed E-state index contributed by atoms with van der Waals surface area (Å²) in [5.41, 5.74) is 12.2. The highest BCUT2D eigenvalue weighted by Crippen LogP contribution is 2.47. The molecule has 0 radical (unpaired) electrons. The molecule has 0 amide bonds. The summed E-state index contributed by atoms with van der Waals surface area (Å²) in [7, 11) is 0. The molecule has 60 heavy (non-hydrogen) atoms. The summed E-state index contributed by atoms with van der Waals surface area (Å²) in [5, 5.41) is 13.3. The molecule has 4 heteroatoms. The van der Waals surface area contributed by atoms with E-state index in [1.54, 1.807) is 0 Å². The summed E-state index contributed by atoms with van der Waals surface area (Å²) >= 11 is 0. The Morgan fingerprint density at radius 3 is 1.53 bits per heavy atom. The van der Waals surface area contributed by atoms with Crippen LogP contribution in [0, 0.1) is 0 Å². The van der Waals surface area contributed by atoms with Crippen LogP contribution < -0.4 is 0 Å². The molecule has 9 aromatic carbocycles. The van der Waals surface area contributed by atoms with E-state index in [0.717, 1.165) is 66.3 Å². The van der Waals surface area contributed by atoms with Gasteiger partial charge in [-0.15, -0.1) is 0 Å². The molecule has 13 aromatic rings. The van der Waals surface area contributed by atoms with Crippen molar-refractivity contribution in [1.82, 2.24) is 19.1 Å². The van der Waals surface area contributed by atoms with Crippen LogP contribution in [0.15, 0.2) is 207 Å². The van der Waals surface area contributed by atoms with Crippen LogP contribution >= 0.6 is 0 Å². The lowest BCUT2D eigenvalue weighted by Crippen LogP contribution is -1.99. The number of fused-ring (bicyclic) bond motifs is 13. The van der Waals surface area contributed by atoms with Crippen molar-refractivity contribution < 1.29 is 0 Å². The van der Waals surface area contributed by atoms with Gasteiger partial charge in [-0.2, -0.15) is 0 Å². The van der Waals surface area contributed by atoms with Crippen LogP contribution in [0.5, 0.6) is 0 Å². The number of para-hydroxylation sites is 2. The monoisotopic (exact) mass is 762 g/mol. The van der Waals surface area contributed by atoms with Crippen molar-refractivity contribution in [3.8, 4) is 33.6 Å². The van der Waals surface area contributed by atoms with E-state index in [1.165, 1.54) is 54.1 Å². The van der Waals surface area contributed by atoms with Crippen molar-refractivity contribution >= 4 is 86.8 Å². The normalized spacial score (nSPS) is 12.0. The van der Waals surface area contributed by atoms with Crippen molar-refractivity contribution in [2.45, 2.75) is 0 Å². The highest BCUT2D eigenvalue weighted by molar-refractivity contribution is 6.24. The zero-order chi connectivity index (χ0) is 39.3. The summed E-state index contributed by atoms with van der Waals surface area (Å²) in [4.78, 5) is 10.1. The van der Waals surface area contributed by atoms with Gasteiger partial charge in [0.05, 0.1) is 39.5 Å². The molecule has 4 heterocycles. The molecular weight excluding hydrogens is 729 g/mol. The zero-order valence-corrected chi connectivity index (χ0v) is 32.4. The first-order chi connectivity index (χ1) is 29.8. The SMILES string of the molecule is c1ccc(-c2c(-c3cccnc3)c3cc(-n4c5ccccc5c5c6ccccc6ccc54)ccc3c3ncc(-n4c5ccccc5c5c6ccccc6ccc54)cc23)cc1. The maximum absolute atomic E-state index is 5.45. The minimum absolute atomic E-state index is 0.964. The fraction of sp³-hybridized carbons (Fsp3) is 0. The summed E-state index contributed by atoms with van der Waals surface area (Å²) in [6.07, 6.45) is 5.92. The van der Waals surface area contributed by atoms with Gasteiger partial charge >= 0.3 is 0 Å². The van der Waals surface area contributed by atoms with E-state index in [1.807, 2.05) is 18.5 Å². The van der Waals surface area contributed by atoms with E-state index < -0.39 is 0 Å². The van der Waals surface area contributed by atoms with Crippen LogP contribution in [0.1, 0.15) is 0 Å². The summed E-state index contributed by atoms with van der Waals surface area (Å²) < 4.78 is 4.82. The lowest BCUT2D eigenvalue weighted by atomic mass is 9.86. The van der Waals surface area contributed by atoms with Crippen LogP contribution in [0.25, 0.3) is 120 Å². The number of nitrogens with zero attached hydrogens (tertiary/aromatic N) is 4. The van der Waals surface area contributed by atoms with Crippen LogP contribution in [0.3, 0.4) is 0 Å². The quantitative estimate of drug-likeness (QED) is 0.167. The average molecular weight is 763 g/mol. The Balaban J connectivity index is 1.15. The second-order valence-electron chi connectivity index (χ2n) is 15.7. The predicted molar refractivity (Wildman–Crippen MR) is 252 cm³/mol. The summed E-state index contributed by atoms with van der Waals surface area (Å²) in [5.74, 6) is 0. The number of hydrogen-bond donors (Lipinski definition) is 0. The van der Waals surface area contributed by atoms with E-state index in [9.17, 15) is 0 Å². The van der Waals surface area contributed by atoms with E-state index >= 15 is 0 Å². The van der Waals surface area contributed by atoms with Gasteiger partial charge in [-0.3, -0.25) is 9.97 Å². The third kappa shape index (κ3) is 4.67. The zero-order valence-electron chi connectivity index (χ0n) is 32.4. The molecule has 0 aliphatic carbocycles. The summed E-state index contributed by atoms with van der Waals surface area (Å²) in [6, 6.07) is 68.3. The second-order valence-corrected chi connectivity index (χ2v) is 15.7. The first-order valence-corrected chi connectivity index (χ1v) is 20.5. The lowest BCUT2D eigenvalue weighted by molar-refractivity contribution is 1.16. The Labute approximate surface area is 344 Å². The number of aromatic nitrogens is 4. The van der Waals surface area contributed by atoms with Gasteiger partial charge in [0.15, 0.2) is 0 Å². The van der Waals surface area contributed by atoms with Gasteiger partial charge in [-0.1, -0.05) is 140 Å². The third-order valence-corrected chi connectivity index (χ3v) is 12.6. The Kier molecular flexibility index (Phi) is 6.98. The molecule has 13 rings (SSSR count). The molecule has 0 saturated carbocycles. The third-order valence-electron chi connectivity index (χ3n) is 12.6. The van der Waals surface area contributed by atoms with Crippen molar-refractivity contribution in [2.24, 2.45) is 0 Å². The van der Waals surface area contributed by atoms with E-state index in [2.05, 4.69) is 197 Å². The first kappa shape index (κ1) is 32.9. The van der Waals surface area contributed by atoms with Crippen molar-refractivity contribution in [3.05, 3.63) is 207 Å². The molecule has 0 aliphatic rings. The molecular formula is C56H34N4. The minimum atomic E-state index is 0.964. The molecule has 278 valence electrons. The standard InChI is InChI=1S/C56H34N4/c1-2-15-37(16-3-1)52-47-32-40(60-49-23-11-9-21-45(49)55-42-19-7-5-14-36(42)25-29-51(55)60)34-58-56(47)43-27-26-39(31-46(43)53(52)38-17-12-30-57-33-38)59-48-22-10-8-20-44(48)54-41-18-6-4-13-35(41)24-28-50(54)59/h1-34H. The topological polar surface area (TPSA) is 35.6 Å². The molecule has 4 nitrogen and oxygen atoms in total. The summed E-state index contributed by atoms with van der Waals surface area (Å²) in [6.45, 7) is 0. The number of hydrogen-bond acceptors (Lipinski definition) is 2. The molecule has 0 N–H and O–H groups in total. The van der Waals surface area contributed by atoms with Crippen molar-refractivity contribution in [3.63, 3.8) is 0 Å². The highest BCUT2D eigenvalue weighted by Gasteiger charge is 2.23. The fourth-order valence-electron chi connectivity index (χ4n) is 10.1. The maximum atomic E-state index is 5.45. The Hall–Kier alpha value is -8.08. The van der Waals surface area contributed by atoms with Gasteiger partial charge in [0.2, 0.25) is 0 Å². The molecule has 0 atom stereocenters. The maximum Gasteiger partial charge on any atom is 0.0788 e. The number of rotatable bonds is 4. The second kappa shape index (κ2) is 12.7. The van der Waals surface area contributed by atoms with Crippen LogP contribution in [-0.4, -0.2) is 19.1 Å². The van der Waals surface area contributed by atoms with Gasteiger partial charge in [0, 0.05) is 56.0 Å². The van der Waals surface area contributed by atoms with Gasteiger partial charge in [0.25, 0.3) is 0 Å². The predicted octanol–water partition coefficient (Wildman–Crippen LogP) is 14.6. The van der Waals surface area contributed by atoms with E-state index in [4.69, 9.17) is 9.97 Å². The first-order valence-electron chi connectivity index (χ1n) is 20.5. The molecule has 0 spiro atoms. The van der Waals surface area contributed by atoms with Gasteiger partial charge in [-0.05, 0) is 92.2 Å². The molecule has 0 bridgehead atoms. The molecule has 4 aromatic heterocycles. The Morgan fingerprint density at radius 1 is 0.333 bits per heavy atom. The van der Waals surface area contributed by atoms with Crippen LogP contribution in [0.2, 0.25) is 0 Å². The highest BCUT2D eigenvalue weighted by atomic mass is 15.0. The molecule has 0 fully saturated rings. The smallest absolute Gasteiger partial charge is 0.0788 e. The number of benzene rings is 9. The van der Waals surface area contributed by atoms with Crippen molar-refractivity contribution in [2.75, 3.05) is 0 Å².